The van der Waals surface area contributed by atoms with Gasteiger partial charge < -0.3 is 14.8 Å². The minimum absolute atomic E-state index is 0.110. The Hall–Kier alpha value is -3.53. The zero-order valence-corrected chi connectivity index (χ0v) is 14.8. The molecule has 0 aliphatic rings. The Morgan fingerprint density at radius 1 is 1.26 bits per heavy atom. The van der Waals surface area contributed by atoms with E-state index >= 15 is 0 Å². The van der Waals surface area contributed by atoms with Gasteiger partial charge in [-0.1, -0.05) is 0 Å². The molecule has 0 fully saturated rings. The third-order valence-electron chi connectivity index (χ3n) is 3.57. The van der Waals surface area contributed by atoms with Crippen LogP contribution in [0.15, 0.2) is 41.9 Å². The third-order valence-corrected chi connectivity index (χ3v) is 4.36. The molecule has 1 aromatic heterocycles. The fourth-order valence-electron chi connectivity index (χ4n) is 2.29. The molecule has 0 spiro atoms. The van der Waals surface area contributed by atoms with Crippen molar-refractivity contribution in [1.29, 1.82) is 0 Å². The Morgan fingerprint density at radius 3 is 2.81 bits per heavy atom. The molecule has 27 heavy (non-hydrogen) atoms. The van der Waals surface area contributed by atoms with Gasteiger partial charge >= 0.3 is 5.97 Å². The van der Waals surface area contributed by atoms with Crippen molar-refractivity contribution in [1.82, 2.24) is 4.98 Å². The smallest absolute Gasteiger partial charge is 0.338 e. The number of nitro benzene ring substituents is 1. The van der Waals surface area contributed by atoms with Crippen LogP contribution >= 0.6 is 11.3 Å². The number of ether oxygens (including phenoxy) is 2. The highest BCUT2D eigenvalue weighted by Crippen LogP contribution is 2.28. The maximum absolute atomic E-state index is 12.1. The number of nitrogens with zero attached hydrogens (tertiary/aromatic N) is 2. The number of hydrogen-bond donors (Lipinski definition) is 1. The van der Waals surface area contributed by atoms with E-state index in [9.17, 15) is 19.7 Å². The number of methoxy groups -OCH3 is 1. The van der Waals surface area contributed by atoms with Crippen molar-refractivity contribution in [2.24, 2.45) is 0 Å². The molecule has 0 aliphatic carbocycles. The number of hydrogen-bond acceptors (Lipinski definition) is 8. The Bertz CT molecular complexity index is 1030. The van der Waals surface area contributed by atoms with Gasteiger partial charge in [-0.2, -0.15) is 0 Å². The molecule has 0 bridgehead atoms. The van der Waals surface area contributed by atoms with Crippen LogP contribution in [0, 0.1) is 10.1 Å². The Balaban J connectivity index is 1.64. The number of aromatic nitrogens is 1. The van der Waals surface area contributed by atoms with Gasteiger partial charge in [0, 0.05) is 12.1 Å². The fourth-order valence-corrected chi connectivity index (χ4v) is 3.01. The first-order chi connectivity index (χ1) is 13.0. The van der Waals surface area contributed by atoms with Crippen molar-refractivity contribution in [3.63, 3.8) is 0 Å². The fraction of sp³-hybridized carbons (Fsp3) is 0.118. The van der Waals surface area contributed by atoms with E-state index in [0.29, 0.717) is 5.56 Å². The number of nitrogens with one attached hydrogen (secondary N) is 1. The molecular weight excluding hydrogens is 374 g/mol. The predicted molar refractivity (Wildman–Crippen MR) is 98.2 cm³/mol. The van der Waals surface area contributed by atoms with Gasteiger partial charge in [0.2, 0.25) is 0 Å². The predicted octanol–water partition coefficient (Wildman–Crippen LogP) is 3.01. The number of thiazole rings is 1. The van der Waals surface area contributed by atoms with Crippen molar-refractivity contribution in [2.75, 3.05) is 19.0 Å². The molecule has 0 saturated heterocycles. The molecule has 0 saturated carbocycles. The van der Waals surface area contributed by atoms with Crippen LogP contribution in [0.4, 0.5) is 11.4 Å². The quantitative estimate of drug-likeness (QED) is 0.392. The monoisotopic (exact) mass is 387 g/mol. The second-order valence-corrected chi connectivity index (χ2v) is 6.19. The number of carbonyl (C=O) groups is 2. The van der Waals surface area contributed by atoms with Gasteiger partial charge in [-0.25, -0.2) is 9.78 Å². The molecule has 1 heterocycles. The van der Waals surface area contributed by atoms with E-state index in [2.05, 4.69) is 10.3 Å². The number of nitro groups is 1. The molecule has 9 nitrogen and oxygen atoms in total. The van der Waals surface area contributed by atoms with Crippen LogP contribution in [0.25, 0.3) is 10.2 Å². The van der Waals surface area contributed by atoms with E-state index in [1.807, 2.05) is 0 Å². The number of amides is 1. The molecule has 3 rings (SSSR count). The summed E-state index contributed by atoms with van der Waals surface area (Å²) in [7, 11) is 1.37. The van der Waals surface area contributed by atoms with Crippen LogP contribution in [-0.4, -0.2) is 35.5 Å². The van der Waals surface area contributed by atoms with E-state index in [1.54, 1.807) is 23.7 Å². The summed E-state index contributed by atoms with van der Waals surface area (Å²) in [6, 6.07) is 8.67. The maximum Gasteiger partial charge on any atom is 0.338 e. The Morgan fingerprint density at radius 2 is 2.07 bits per heavy atom. The van der Waals surface area contributed by atoms with Gasteiger partial charge in [-0.15, -0.1) is 11.3 Å². The highest BCUT2D eigenvalue weighted by molar-refractivity contribution is 7.16. The van der Waals surface area contributed by atoms with Crippen molar-refractivity contribution in [3.8, 4) is 5.75 Å². The molecular formula is C17H13N3O6S. The summed E-state index contributed by atoms with van der Waals surface area (Å²) < 4.78 is 10.9. The first kappa shape index (κ1) is 18.3. The summed E-state index contributed by atoms with van der Waals surface area (Å²) in [4.78, 5) is 38.5. The minimum atomic E-state index is -0.661. The molecule has 0 radical (unpaired) electrons. The van der Waals surface area contributed by atoms with Crippen LogP contribution < -0.4 is 10.1 Å². The van der Waals surface area contributed by atoms with Crippen LogP contribution in [-0.2, 0) is 9.53 Å². The van der Waals surface area contributed by atoms with Gasteiger partial charge in [0.05, 0.1) is 39.0 Å². The number of esters is 1. The lowest BCUT2D eigenvalue weighted by molar-refractivity contribution is -0.384. The van der Waals surface area contributed by atoms with Crippen molar-refractivity contribution >= 4 is 44.8 Å². The van der Waals surface area contributed by atoms with Crippen molar-refractivity contribution in [2.45, 2.75) is 0 Å². The first-order valence-corrected chi connectivity index (χ1v) is 8.48. The number of rotatable bonds is 6. The normalized spacial score (nSPS) is 10.4. The number of benzene rings is 2. The number of carbonyl (C=O) groups excluding carboxylic acids is 2. The highest BCUT2D eigenvalue weighted by atomic mass is 32.1. The zero-order valence-electron chi connectivity index (χ0n) is 14.0. The van der Waals surface area contributed by atoms with Crippen molar-refractivity contribution in [3.05, 3.63) is 57.6 Å². The first-order valence-electron chi connectivity index (χ1n) is 7.60. The van der Waals surface area contributed by atoms with Crippen LogP contribution in [0.3, 0.4) is 0 Å². The summed E-state index contributed by atoms with van der Waals surface area (Å²) in [5, 5.41) is 13.3. The molecule has 0 aliphatic heterocycles. The summed E-state index contributed by atoms with van der Waals surface area (Å²) in [5.74, 6) is -1.07. The standard InChI is InChI=1S/C17H13N3O6S/c1-25-14-5-3-11(20(23)24)7-13(14)19-16(21)8-26-17(22)10-2-4-12-15(6-10)27-9-18-12/h2-7,9H,8H2,1H3,(H,19,21). The van der Waals surface area contributed by atoms with Gasteiger partial charge in [0.25, 0.3) is 11.6 Å². The molecule has 138 valence electrons. The lowest BCUT2D eigenvalue weighted by Gasteiger charge is -2.10. The van der Waals surface area contributed by atoms with Gasteiger partial charge in [-0.05, 0) is 24.3 Å². The maximum atomic E-state index is 12.1. The second kappa shape index (κ2) is 7.79. The molecule has 3 aromatic rings. The Labute approximate surface area is 156 Å². The van der Waals surface area contributed by atoms with E-state index in [0.717, 1.165) is 16.3 Å². The number of non-ortho nitro benzene ring substituents is 1. The summed E-state index contributed by atoms with van der Waals surface area (Å²) >= 11 is 1.39. The van der Waals surface area contributed by atoms with Crippen LogP contribution in [0.1, 0.15) is 10.4 Å². The SMILES string of the molecule is COc1ccc([N+](=O)[O-])cc1NC(=O)COC(=O)c1ccc2ncsc2c1. The average Bonchev–Trinajstić information content (AvgIpc) is 3.13. The summed E-state index contributed by atoms with van der Waals surface area (Å²) in [6.07, 6.45) is 0. The van der Waals surface area contributed by atoms with E-state index in [-0.39, 0.29) is 17.1 Å². The average molecular weight is 387 g/mol. The van der Waals surface area contributed by atoms with E-state index in [4.69, 9.17) is 9.47 Å². The number of fused-ring (bicyclic) bond motifs is 1. The third kappa shape index (κ3) is 4.18. The van der Waals surface area contributed by atoms with Gasteiger partial charge in [-0.3, -0.25) is 14.9 Å². The summed E-state index contributed by atoms with van der Waals surface area (Å²) in [6.45, 7) is -0.550. The molecule has 2 aromatic carbocycles. The molecule has 10 heteroatoms. The second-order valence-electron chi connectivity index (χ2n) is 5.30. The van der Waals surface area contributed by atoms with Gasteiger partial charge in [0.15, 0.2) is 6.61 Å². The molecule has 1 amide bonds. The van der Waals surface area contributed by atoms with Crippen molar-refractivity contribution < 1.29 is 24.0 Å². The van der Waals surface area contributed by atoms with E-state index < -0.39 is 23.4 Å². The zero-order chi connectivity index (χ0) is 19.4. The topological polar surface area (TPSA) is 121 Å². The van der Waals surface area contributed by atoms with E-state index in [1.165, 1.54) is 30.6 Å². The largest absolute Gasteiger partial charge is 0.495 e. The van der Waals surface area contributed by atoms with Crippen LogP contribution in [0.2, 0.25) is 0 Å². The lowest BCUT2D eigenvalue weighted by atomic mass is 10.2. The summed E-state index contributed by atoms with van der Waals surface area (Å²) in [5.41, 5.74) is 2.64. The molecule has 0 atom stereocenters. The highest BCUT2D eigenvalue weighted by Gasteiger charge is 2.16. The lowest BCUT2D eigenvalue weighted by Crippen LogP contribution is -2.21. The Kier molecular flexibility index (Phi) is 5.27. The minimum Gasteiger partial charge on any atom is -0.495 e. The number of anilines is 1. The van der Waals surface area contributed by atoms with Gasteiger partial charge in [0.1, 0.15) is 5.75 Å². The molecule has 1 N–H and O–H groups in total. The van der Waals surface area contributed by atoms with Crippen LogP contribution in [0.5, 0.6) is 5.75 Å². The molecule has 0 unspecified atom stereocenters.